The summed E-state index contributed by atoms with van der Waals surface area (Å²) in [5.74, 6) is -1.27. The smallest absolute Gasteiger partial charge is 0.328 e. The Morgan fingerprint density at radius 3 is 2.50 bits per heavy atom. The Hall–Kier alpha value is -1.96. The molecule has 0 bridgehead atoms. The highest BCUT2D eigenvalue weighted by Gasteiger charge is 2.22. The monoisotopic (exact) mass is 441 g/mol. The van der Waals surface area contributed by atoms with E-state index in [0.717, 1.165) is 9.13 Å². The third-order valence-corrected chi connectivity index (χ3v) is 4.15. The number of benzene rings is 2. The van der Waals surface area contributed by atoms with Gasteiger partial charge in [-0.3, -0.25) is 4.79 Å². The van der Waals surface area contributed by atoms with E-state index < -0.39 is 17.8 Å². The average molecular weight is 441 g/mol. The molecule has 2 aromatic carbocycles. The van der Waals surface area contributed by atoms with Crippen molar-refractivity contribution in [2.75, 3.05) is 7.11 Å². The van der Waals surface area contributed by atoms with Gasteiger partial charge in [-0.25, -0.2) is 9.18 Å². The molecule has 126 valence electrons. The van der Waals surface area contributed by atoms with Crippen molar-refractivity contribution in [3.63, 3.8) is 0 Å². The molecular formula is C18H17FINO3. The van der Waals surface area contributed by atoms with Crippen LogP contribution < -0.4 is 5.32 Å². The topological polar surface area (TPSA) is 55.4 Å². The second-order valence-electron chi connectivity index (χ2n) is 5.28. The maximum absolute atomic E-state index is 13.2. The van der Waals surface area contributed by atoms with Gasteiger partial charge < -0.3 is 10.1 Å². The minimum atomic E-state index is -0.781. The number of amides is 1. The van der Waals surface area contributed by atoms with E-state index in [1.165, 1.54) is 19.2 Å². The lowest BCUT2D eigenvalue weighted by atomic mass is 10.1. The van der Waals surface area contributed by atoms with Gasteiger partial charge >= 0.3 is 5.97 Å². The number of rotatable bonds is 6. The molecule has 0 radical (unpaired) electrons. The number of carbonyl (C=O) groups excluding carboxylic acids is 2. The Labute approximate surface area is 153 Å². The Morgan fingerprint density at radius 1 is 1.17 bits per heavy atom. The lowest BCUT2D eigenvalue weighted by molar-refractivity contribution is -0.145. The van der Waals surface area contributed by atoms with Crippen molar-refractivity contribution in [2.24, 2.45) is 0 Å². The zero-order valence-electron chi connectivity index (χ0n) is 13.1. The van der Waals surface area contributed by atoms with Gasteiger partial charge in [-0.2, -0.15) is 0 Å². The first-order valence-electron chi connectivity index (χ1n) is 7.34. The predicted octanol–water partition coefficient (Wildman–Crippen LogP) is 2.87. The zero-order chi connectivity index (χ0) is 17.5. The minimum absolute atomic E-state index is 0.00204. The van der Waals surface area contributed by atoms with Crippen LogP contribution in [0.25, 0.3) is 0 Å². The molecule has 2 aromatic rings. The first-order chi connectivity index (χ1) is 11.5. The van der Waals surface area contributed by atoms with E-state index in [1.807, 2.05) is 24.3 Å². The van der Waals surface area contributed by atoms with Crippen molar-refractivity contribution in [2.45, 2.75) is 18.9 Å². The molecule has 0 aliphatic heterocycles. The molecule has 1 atom stereocenters. The molecule has 0 aliphatic rings. The van der Waals surface area contributed by atoms with Gasteiger partial charge in [0.25, 0.3) is 0 Å². The van der Waals surface area contributed by atoms with Crippen molar-refractivity contribution in [3.05, 3.63) is 69.0 Å². The number of ether oxygens (including phenoxy) is 1. The van der Waals surface area contributed by atoms with Crippen LogP contribution in [0.2, 0.25) is 0 Å². The van der Waals surface area contributed by atoms with E-state index in [9.17, 15) is 14.0 Å². The van der Waals surface area contributed by atoms with Crippen LogP contribution in [0.15, 0.2) is 48.5 Å². The summed E-state index contributed by atoms with van der Waals surface area (Å²) in [7, 11) is 1.28. The number of halogens is 2. The van der Waals surface area contributed by atoms with E-state index >= 15 is 0 Å². The van der Waals surface area contributed by atoms with Crippen molar-refractivity contribution in [1.29, 1.82) is 0 Å². The third kappa shape index (κ3) is 5.59. The van der Waals surface area contributed by atoms with Crippen molar-refractivity contribution in [1.82, 2.24) is 5.32 Å². The summed E-state index contributed by atoms with van der Waals surface area (Å²) >= 11 is 2.19. The molecule has 1 amide bonds. The second-order valence-corrected chi connectivity index (χ2v) is 6.53. The standard InChI is InChI=1S/C18H17FINO3/c1-24-18(23)16(10-12-5-7-15(20)8-6-12)21-17(22)11-13-3-2-4-14(19)9-13/h2-9,16H,10-11H2,1H3,(H,21,22)/t16-/m1/s1. The van der Waals surface area contributed by atoms with Crippen LogP contribution in [0.5, 0.6) is 0 Å². The first-order valence-corrected chi connectivity index (χ1v) is 8.42. The molecule has 0 spiro atoms. The van der Waals surface area contributed by atoms with E-state index in [0.29, 0.717) is 12.0 Å². The summed E-state index contributed by atoms with van der Waals surface area (Å²) in [6.45, 7) is 0. The van der Waals surface area contributed by atoms with Gasteiger partial charge in [0.1, 0.15) is 11.9 Å². The molecule has 0 heterocycles. The Bertz CT molecular complexity index is 718. The largest absolute Gasteiger partial charge is 0.467 e. The highest BCUT2D eigenvalue weighted by Crippen LogP contribution is 2.10. The van der Waals surface area contributed by atoms with Gasteiger partial charge in [-0.15, -0.1) is 0 Å². The van der Waals surface area contributed by atoms with Gasteiger partial charge in [0, 0.05) is 9.99 Å². The molecule has 0 aliphatic carbocycles. The van der Waals surface area contributed by atoms with Gasteiger partial charge in [0.2, 0.25) is 5.91 Å². The maximum Gasteiger partial charge on any atom is 0.328 e. The number of methoxy groups -OCH3 is 1. The fraction of sp³-hybridized carbons (Fsp3) is 0.222. The highest BCUT2D eigenvalue weighted by atomic mass is 127. The summed E-state index contributed by atoms with van der Waals surface area (Å²) in [6.07, 6.45) is 0.330. The summed E-state index contributed by atoms with van der Waals surface area (Å²) in [4.78, 5) is 24.1. The van der Waals surface area contributed by atoms with E-state index in [2.05, 4.69) is 27.9 Å². The summed E-state index contributed by atoms with van der Waals surface area (Å²) in [6, 6.07) is 12.7. The van der Waals surface area contributed by atoms with Gasteiger partial charge in [-0.05, 0) is 58.0 Å². The van der Waals surface area contributed by atoms with Crippen molar-refractivity contribution >= 4 is 34.5 Å². The Kier molecular flexibility index (Phi) is 6.72. The molecule has 4 nitrogen and oxygen atoms in total. The quantitative estimate of drug-likeness (QED) is 0.554. The third-order valence-electron chi connectivity index (χ3n) is 3.43. The minimum Gasteiger partial charge on any atom is -0.467 e. The van der Waals surface area contributed by atoms with Gasteiger partial charge in [0.05, 0.1) is 13.5 Å². The number of nitrogens with one attached hydrogen (secondary N) is 1. The molecule has 0 unspecified atom stereocenters. The van der Waals surface area contributed by atoms with Crippen LogP contribution in [-0.2, 0) is 27.2 Å². The predicted molar refractivity (Wildman–Crippen MR) is 96.9 cm³/mol. The molecule has 0 saturated heterocycles. The summed E-state index contributed by atoms with van der Waals surface area (Å²) in [5.41, 5.74) is 1.46. The maximum atomic E-state index is 13.2. The lowest BCUT2D eigenvalue weighted by Gasteiger charge is -2.17. The number of esters is 1. The zero-order valence-corrected chi connectivity index (χ0v) is 15.2. The molecule has 0 saturated carbocycles. The van der Waals surface area contributed by atoms with Crippen LogP contribution in [0.1, 0.15) is 11.1 Å². The number of hydrogen-bond donors (Lipinski definition) is 1. The average Bonchev–Trinajstić information content (AvgIpc) is 2.55. The molecule has 2 rings (SSSR count). The molecule has 1 N–H and O–H groups in total. The molecule has 24 heavy (non-hydrogen) atoms. The first kappa shape index (κ1) is 18.4. The summed E-state index contributed by atoms with van der Waals surface area (Å²) in [5, 5.41) is 2.66. The fourth-order valence-corrected chi connectivity index (χ4v) is 2.63. The molecular weight excluding hydrogens is 424 g/mol. The van der Waals surface area contributed by atoms with Crippen LogP contribution in [-0.4, -0.2) is 25.0 Å². The van der Waals surface area contributed by atoms with Crippen molar-refractivity contribution in [3.8, 4) is 0 Å². The number of hydrogen-bond acceptors (Lipinski definition) is 3. The number of carbonyl (C=O) groups is 2. The van der Waals surface area contributed by atoms with Crippen LogP contribution in [0, 0.1) is 9.39 Å². The van der Waals surface area contributed by atoms with Gasteiger partial charge in [0.15, 0.2) is 0 Å². The molecule has 6 heteroatoms. The fourth-order valence-electron chi connectivity index (χ4n) is 2.27. The van der Waals surface area contributed by atoms with Crippen molar-refractivity contribution < 1.29 is 18.7 Å². The lowest BCUT2D eigenvalue weighted by Crippen LogP contribution is -2.43. The van der Waals surface area contributed by atoms with Gasteiger partial charge in [-0.1, -0.05) is 24.3 Å². The van der Waals surface area contributed by atoms with E-state index in [4.69, 9.17) is 4.74 Å². The second kappa shape index (κ2) is 8.77. The van der Waals surface area contributed by atoms with Crippen LogP contribution >= 0.6 is 22.6 Å². The van der Waals surface area contributed by atoms with E-state index in [-0.39, 0.29) is 12.3 Å². The highest BCUT2D eigenvalue weighted by molar-refractivity contribution is 14.1. The molecule has 0 aromatic heterocycles. The SMILES string of the molecule is COC(=O)[C@@H](Cc1ccc(I)cc1)NC(=O)Cc1cccc(F)c1. The van der Waals surface area contributed by atoms with Crippen LogP contribution in [0.3, 0.4) is 0 Å². The normalized spacial score (nSPS) is 11.6. The van der Waals surface area contributed by atoms with E-state index in [1.54, 1.807) is 12.1 Å². The van der Waals surface area contributed by atoms with Crippen LogP contribution in [0.4, 0.5) is 4.39 Å². The molecule has 0 fully saturated rings. The Balaban J connectivity index is 2.03. The summed E-state index contributed by atoms with van der Waals surface area (Å²) < 4.78 is 19.0. The Morgan fingerprint density at radius 2 is 1.88 bits per heavy atom.